The summed E-state index contributed by atoms with van der Waals surface area (Å²) in [6.45, 7) is 1.89. The van der Waals surface area contributed by atoms with Crippen LogP contribution in [0.4, 0.5) is 11.5 Å². The van der Waals surface area contributed by atoms with Crippen molar-refractivity contribution < 1.29 is 9.53 Å². The standard InChI is InChI=1S/C21H20N4O2S/c1-13-17-19(25-16-10-6-5-7-14(16)11-22)23-12-24-20(17)28-18(13)21(26)27-15-8-3-2-4-9-15/h5-7,10,12,15H,2-4,8-9H2,1H3,(H,23,24,25). The number of anilines is 2. The van der Waals surface area contributed by atoms with E-state index < -0.39 is 0 Å². The average molecular weight is 392 g/mol. The smallest absolute Gasteiger partial charge is 0.348 e. The molecule has 0 amide bonds. The Labute approximate surface area is 167 Å². The lowest BCUT2D eigenvalue weighted by Crippen LogP contribution is -2.20. The molecule has 1 aliphatic rings. The predicted octanol–water partition coefficient (Wildman–Crippen LogP) is 5.10. The van der Waals surface area contributed by atoms with Gasteiger partial charge in [-0.15, -0.1) is 11.3 Å². The lowest BCUT2D eigenvalue weighted by atomic mass is 9.98. The first-order valence-corrected chi connectivity index (χ1v) is 10.2. The second-order valence-corrected chi connectivity index (χ2v) is 7.91. The van der Waals surface area contributed by atoms with Crippen molar-refractivity contribution in [2.45, 2.75) is 45.1 Å². The molecule has 1 aliphatic carbocycles. The minimum absolute atomic E-state index is 0.0112. The Morgan fingerprint density at radius 2 is 2.04 bits per heavy atom. The first-order chi connectivity index (χ1) is 13.7. The van der Waals surface area contributed by atoms with Crippen molar-refractivity contribution in [1.82, 2.24) is 9.97 Å². The van der Waals surface area contributed by atoms with Gasteiger partial charge in [-0.2, -0.15) is 5.26 Å². The van der Waals surface area contributed by atoms with Gasteiger partial charge in [0, 0.05) is 0 Å². The number of rotatable bonds is 4. The Bertz CT molecular complexity index is 1060. The highest BCUT2D eigenvalue weighted by atomic mass is 32.1. The van der Waals surface area contributed by atoms with Gasteiger partial charge < -0.3 is 10.1 Å². The summed E-state index contributed by atoms with van der Waals surface area (Å²) in [5.74, 6) is 0.300. The van der Waals surface area contributed by atoms with Crippen molar-refractivity contribution in [2.24, 2.45) is 0 Å². The Kier molecular flexibility index (Phi) is 5.22. The van der Waals surface area contributed by atoms with Gasteiger partial charge in [0.2, 0.25) is 0 Å². The summed E-state index contributed by atoms with van der Waals surface area (Å²) in [6, 6.07) is 9.41. The first-order valence-electron chi connectivity index (χ1n) is 9.38. The highest BCUT2D eigenvalue weighted by Gasteiger charge is 2.24. The van der Waals surface area contributed by atoms with Gasteiger partial charge in [0.25, 0.3) is 0 Å². The summed E-state index contributed by atoms with van der Waals surface area (Å²) < 4.78 is 5.74. The van der Waals surface area contributed by atoms with Crippen LogP contribution in [0, 0.1) is 18.3 Å². The molecule has 3 aromatic rings. The monoisotopic (exact) mass is 392 g/mol. The van der Waals surface area contributed by atoms with E-state index in [-0.39, 0.29) is 12.1 Å². The molecule has 1 fully saturated rings. The van der Waals surface area contributed by atoms with E-state index >= 15 is 0 Å². The lowest BCUT2D eigenvalue weighted by molar-refractivity contribution is 0.0216. The summed E-state index contributed by atoms with van der Waals surface area (Å²) in [6.07, 6.45) is 6.79. The number of ether oxygens (including phenoxy) is 1. The lowest BCUT2D eigenvalue weighted by Gasteiger charge is -2.21. The zero-order chi connectivity index (χ0) is 19.5. The van der Waals surface area contributed by atoms with E-state index in [1.54, 1.807) is 6.07 Å². The van der Waals surface area contributed by atoms with Crippen molar-refractivity contribution >= 4 is 39.0 Å². The van der Waals surface area contributed by atoms with E-state index in [9.17, 15) is 10.1 Å². The molecule has 6 nitrogen and oxygen atoms in total. The largest absolute Gasteiger partial charge is 0.458 e. The fraction of sp³-hybridized carbons (Fsp3) is 0.333. The molecule has 0 aliphatic heterocycles. The number of aryl methyl sites for hydroxylation is 1. The average Bonchev–Trinajstić information content (AvgIpc) is 3.07. The molecule has 0 spiro atoms. The third kappa shape index (κ3) is 3.56. The number of fused-ring (bicyclic) bond motifs is 1. The second-order valence-electron chi connectivity index (χ2n) is 6.91. The fourth-order valence-electron chi connectivity index (χ4n) is 3.57. The van der Waals surface area contributed by atoms with Crippen molar-refractivity contribution in [3.8, 4) is 6.07 Å². The molecule has 4 rings (SSSR count). The highest BCUT2D eigenvalue weighted by Crippen LogP contribution is 2.35. The van der Waals surface area contributed by atoms with Crippen LogP contribution in [0.2, 0.25) is 0 Å². The SMILES string of the molecule is Cc1c(C(=O)OC2CCCCC2)sc2ncnc(Nc3ccccc3C#N)c12. The number of carbonyl (C=O) groups excluding carboxylic acids is 1. The molecule has 0 saturated heterocycles. The van der Waals surface area contributed by atoms with Gasteiger partial charge in [-0.3, -0.25) is 0 Å². The van der Waals surface area contributed by atoms with Crippen LogP contribution in [0.3, 0.4) is 0 Å². The van der Waals surface area contributed by atoms with Gasteiger partial charge in [-0.1, -0.05) is 18.6 Å². The molecule has 0 bridgehead atoms. The summed E-state index contributed by atoms with van der Waals surface area (Å²) >= 11 is 1.32. The van der Waals surface area contributed by atoms with Gasteiger partial charge in [-0.05, 0) is 50.3 Å². The van der Waals surface area contributed by atoms with Gasteiger partial charge in [0.1, 0.15) is 34.0 Å². The zero-order valence-electron chi connectivity index (χ0n) is 15.6. The van der Waals surface area contributed by atoms with E-state index in [1.165, 1.54) is 24.1 Å². The highest BCUT2D eigenvalue weighted by molar-refractivity contribution is 7.20. The molecule has 1 aromatic carbocycles. The maximum Gasteiger partial charge on any atom is 0.348 e. The minimum atomic E-state index is -0.282. The number of esters is 1. The van der Waals surface area contributed by atoms with Crippen LogP contribution in [0.15, 0.2) is 30.6 Å². The molecule has 2 aromatic heterocycles. The van der Waals surface area contributed by atoms with Crippen molar-refractivity contribution in [3.63, 3.8) is 0 Å². The van der Waals surface area contributed by atoms with Crippen molar-refractivity contribution in [3.05, 3.63) is 46.6 Å². The molecule has 7 heteroatoms. The van der Waals surface area contributed by atoms with Crippen LogP contribution in [-0.2, 0) is 4.74 Å². The number of hydrogen-bond acceptors (Lipinski definition) is 7. The first kappa shape index (κ1) is 18.4. The van der Waals surface area contributed by atoms with E-state index in [0.29, 0.717) is 21.9 Å². The number of carbonyl (C=O) groups is 1. The number of para-hydroxylation sites is 1. The summed E-state index contributed by atoms with van der Waals surface area (Å²) in [4.78, 5) is 22.7. The van der Waals surface area contributed by atoms with E-state index in [0.717, 1.165) is 41.5 Å². The number of benzene rings is 1. The van der Waals surface area contributed by atoms with Crippen molar-refractivity contribution in [1.29, 1.82) is 5.26 Å². The molecule has 0 unspecified atom stereocenters. The maximum atomic E-state index is 12.7. The second kappa shape index (κ2) is 7.95. The molecule has 0 atom stereocenters. The molecule has 142 valence electrons. The maximum absolute atomic E-state index is 12.7. The number of thiophene rings is 1. The Morgan fingerprint density at radius 3 is 2.82 bits per heavy atom. The van der Waals surface area contributed by atoms with E-state index in [2.05, 4.69) is 21.4 Å². The van der Waals surface area contributed by atoms with E-state index in [1.807, 2.05) is 25.1 Å². The van der Waals surface area contributed by atoms with Crippen molar-refractivity contribution in [2.75, 3.05) is 5.32 Å². The van der Waals surface area contributed by atoms with Gasteiger partial charge in [0.05, 0.1) is 16.6 Å². The Balaban J connectivity index is 1.66. The van der Waals surface area contributed by atoms with E-state index in [4.69, 9.17) is 4.74 Å². The topological polar surface area (TPSA) is 87.9 Å². The van der Waals surface area contributed by atoms with Gasteiger partial charge >= 0.3 is 5.97 Å². The molecule has 0 radical (unpaired) electrons. The van der Waals surface area contributed by atoms with Gasteiger partial charge in [-0.25, -0.2) is 14.8 Å². The summed E-state index contributed by atoms with van der Waals surface area (Å²) in [5.41, 5.74) is 2.00. The van der Waals surface area contributed by atoms with Gasteiger partial charge in [0.15, 0.2) is 0 Å². The quantitative estimate of drug-likeness (QED) is 0.621. The molecular formula is C21H20N4O2S. The number of hydrogen-bond donors (Lipinski definition) is 1. The Hall–Kier alpha value is -2.98. The van der Waals surface area contributed by atoms with Crippen LogP contribution in [-0.4, -0.2) is 22.0 Å². The minimum Gasteiger partial charge on any atom is -0.458 e. The molecular weight excluding hydrogens is 372 g/mol. The number of nitriles is 1. The molecule has 1 N–H and O–H groups in total. The van der Waals surface area contributed by atoms with Crippen LogP contribution in [0.25, 0.3) is 10.2 Å². The summed E-state index contributed by atoms with van der Waals surface area (Å²) in [5, 5.41) is 13.3. The van der Waals surface area contributed by atoms with Crippen LogP contribution >= 0.6 is 11.3 Å². The molecule has 28 heavy (non-hydrogen) atoms. The molecule has 1 saturated carbocycles. The normalized spacial score (nSPS) is 14.6. The third-order valence-electron chi connectivity index (χ3n) is 5.04. The number of aromatic nitrogens is 2. The fourth-order valence-corrected chi connectivity index (χ4v) is 4.60. The summed E-state index contributed by atoms with van der Waals surface area (Å²) in [7, 11) is 0. The number of nitrogens with zero attached hydrogens (tertiary/aromatic N) is 3. The van der Waals surface area contributed by atoms with Crippen LogP contribution < -0.4 is 5.32 Å². The Morgan fingerprint density at radius 1 is 1.25 bits per heavy atom. The zero-order valence-corrected chi connectivity index (χ0v) is 16.4. The molecule has 2 heterocycles. The third-order valence-corrected chi connectivity index (χ3v) is 6.22. The predicted molar refractivity (Wildman–Crippen MR) is 109 cm³/mol. The van der Waals surface area contributed by atoms with Crippen LogP contribution in [0.5, 0.6) is 0 Å². The van der Waals surface area contributed by atoms with Crippen LogP contribution in [0.1, 0.15) is 52.9 Å². The number of nitrogens with one attached hydrogen (secondary N) is 1.